The first-order valence-corrected chi connectivity index (χ1v) is 6.54. The van der Waals surface area contributed by atoms with Gasteiger partial charge in [-0.3, -0.25) is 4.79 Å². The largest absolute Gasteiger partial charge is 0.374 e. The molecule has 1 heterocycles. The number of carbonyl (C=O) groups excluding carboxylic acids is 1. The predicted molar refractivity (Wildman–Crippen MR) is 78.9 cm³/mol. The van der Waals surface area contributed by atoms with Gasteiger partial charge in [0.05, 0.1) is 0 Å². The summed E-state index contributed by atoms with van der Waals surface area (Å²) in [5.74, 6) is 0.941. The third kappa shape index (κ3) is 3.17. The monoisotopic (exact) mass is 273 g/mol. The molecule has 1 aromatic carbocycles. The Balaban J connectivity index is 2.02. The van der Waals surface area contributed by atoms with Crippen LogP contribution in [0.15, 0.2) is 28.8 Å². The summed E-state index contributed by atoms with van der Waals surface area (Å²) >= 11 is 0. The maximum Gasteiger partial charge on any atom is 0.247 e. The molecule has 1 aromatic heterocycles. The number of anilines is 2. The van der Waals surface area contributed by atoms with Gasteiger partial charge in [0, 0.05) is 11.8 Å². The summed E-state index contributed by atoms with van der Waals surface area (Å²) in [5, 5.41) is 9.66. The number of aromatic nitrogens is 1. The third-order valence-electron chi connectivity index (χ3n) is 3.25. The second-order valence-electron chi connectivity index (χ2n) is 4.93. The van der Waals surface area contributed by atoms with Crippen LogP contribution in [0.25, 0.3) is 0 Å². The van der Waals surface area contributed by atoms with E-state index in [4.69, 9.17) is 4.52 Å². The number of hydrogen-bond donors (Lipinski definition) is 2. The van der Waals surface area contributed by atoms with Crippen LogP contribution in [-0.2, 0) is 4.79 Å². The van der Waals surface area contributed by atoms with E-state index in [-0.39, 0.29) is 11.9 Å². The van der Waals surface area contributed by atoms with Crippen molar-refractivity contribution in [2.75, 3.05) is 10.6 Å². The molecule has 2 aromatic rings. The fraction of sp³-hybridized carbons (Fsp3) is 0.333. The van der Waals surface area contributed by atoms with Gasteiger partial charge in [-0.1, -0.05) is 17.3 Å². The average molecular weight is 273 g/mol. The Labute approximate surface area is 118 Å². The lowest BCUT2D eigenvalue weighted by atomic mass is 10.1. The molecule has 20 heavy (non-hydrogen) atoms. The summed E-state index contributed by atoms with van der Waals surface area (Å²) in [7, 11) is 0. The smallest absolute Gasteiger partial charge is 0.247 e. The molecule has 0 fully saturated rings. The summed E-state index contributed by atoms with van der Waals surface area (Å²) in [4.78, 5) is 12.1. The fourth-order valence-corrected chi connectivity index (χ4v) is 1.87. The molecule has 0 spiro atoms. The lowest BCUT2D eigenvalue weighted by molar-refractivity contribution is -0.116. The van der Waals surface area contributed by atoms with Gasteiger partial charge in [0.1, 0.15) is 11.8 Å². The van der Waals surface area contributed by atoms with E-state index in [0.717, 1.165) is 11.3 Å². The number of benzene rings is 1. The van der Waals surface area contributed by atoms with Crippen LogP contribution in [0.4, 0.5) is 11.5 Å². The van der Waals surface area contributed by atoms with E-state index in [2.05, 4.69) is 15.8 Å². The maximum absolute atomic E-state index is 12.1. The van der Waals surface area contributed by atoms with E-state index in [9.17, 15) is 4.79 Å². The second kappa shape index (κ2) is 5.77. The summed E-state index contributed by atoms with van der Waals surface area (Å²) in [6.45, 7) is 7.66. The molecular weight excluding hydrogens is 254 g/mol. The number of carbonyl (C=O) groups is 1. The van der Waals surface area contributed by atoms with Gasteiger partial charge in [-0.25, -0.2) is 0 Å². The normalized spacial score (nSPS) is 12.0. The number of amides is 1. The summed E-state index contributed by atoms with van der Waals surface area (Å²) in [6, 6.07) is 7.29. The number of nitrogens with one attached hydrogen (secondary N) is 2. The molecule has 0 unspecified atom stereocenters. The molecule has 0 aliphatic heterocycles. The molecule has 5 nitrogen and oxygen atoms in total. The zero-order chi connectivity index (χ0) is 14.7. The van der Waals surface area contributed by atoms with Crippen LogP contribution in [0.3, 0.4) is 0 Å². The Morgan fingerprint density at radius 2 is 2.05 bits per heavy atom. The standard InChI is InChI=1S/C15H19N3O2/c1-9-6-5-7-13(11(9)3)16-12(4)15(19)17-14-8-10(2)20-18-14/h5-8,12,16H,1-4H3,(H,17,18,19)/t12-/m1/s1. The van der Waals surface area contributed by atoms with Crippen LogP contribution in [0.1, 0.15) is 23.8 Å². The van der Waals surface area contributed by atoms with Gasteiger partial charge in [-0.05, 0) is 44.9 Å². The van der Waals surface area contributed by atoms with E-state index >= 15 is 0 Å². The molecule has 0 aliphatic carbocycles. The van der Waals surface area contributed by atoms with Crippen LogP contribution in [-0.4, -0.2) is 17.1 Å². The molecule has 2 rings (SSSR count). The number of aryl methyl sites for hydroxylation is 2. The highest BCUT2D eigenvalue weighted by Crippen LogP contribution is 2.19. The minimum atomic E-state index is -0.368. The Kier molecular flexibility index (Phi) is 4.08. The van der Waals surface area contributed by atoms with Crippen molar-refractivity contribution in [3.05, 3.63) is 41.2 Å². The molecule has 0 aliphatic rings. The van der Waals surface area contributed by atoms with E-state index in [0.29, 0.717) is 11.6 Å². The summed E-state index contributed by atoms with van der Waals surface area (Å²) < 4.78 is 4.91. The SMILES string of the molecule is Cc1cc(NC(=O)[C@@H](C)Nc2cccc(C)c2C)no1. The maximum atomic E-state index is 12.1. The molecule has 1 atom stereocenters. The van der Waals surface area contributed by atoms with Crippen molar-refractivity contribution in [3.8, 4) is 0 Å². The van der Waals surface area contributed by atoms with Gasteiger partial charge >= 0.3 is 0 Å². The lowest BCUT2D eigenvalue weighted by Gasteiger charge is -2.17. The first-order valence-electron chi connectivity index (χ1n) is 6.54. The van der Waals surface area contributed by atoms with Gasteiger partial charge < -0.3 is 15.2 Å². The molecule has 0 bridgehead atoms. The van der Waals surface area contributed by atoms with Crippen molar-refractivity contribution >= 4 is 17.4 Å². The zero-order valence-corrected chi connectivity index (χ0v) is 12.2. The molecule has 106 valence electrons. The van der Waals surface area contributed by atoms with Crippen LogP contribution >= 0.6 is 0 Å². The minimum Gasteiger partial charge on any atom is -0.374 e. The fourth-order valence-electron chi connectivity index (χ4n) is 1.87. The Morgan fingerprint density at radius 1 is 1.30 bits per heavy atom. The summed E-state index contributed by atoms with van der Waals surface area (Å²) in [6.07, 6.45) is 0. The Morgan fingerprint density at radius 3 is 2.70 bits per heavy atom. The first-order chi connectivity index (χ1) is 9.47. The average Bonchev–Trinajstić information content (AvgIpc) is 2.80. The molecule has 0 saturated carbocycles. The van der Waals surface area contributed by atoms with E-state index in [1.54, 1.807) is 13.0 Å². The highest BCUT2D eigenvalue weighted by atomic mass is 16.5. The van der Waals surface area contributed by atoms with Crippen LogP contribution in [0.2, 0.25) is 0 Å². The van der Waals surface area contributed by atoms with Gasteiger partial charge in [0.25, 0.3) is 0 Å². The number of hydrogen-bond acceptors (Lipinski definition) is 4. The van der Waals surface area contributed by atoms with Crippen molar-refractivity contribution in [2.24, 2.45) is 0 Å². The van der Waals surface area contributed by atoms with Gasteiger partial charge in [0.15, 0.2) is 5.82 Å². The molecule has 1 amide bonds. The van der Waals surface area contributed by atoms with Crippen molar-refractivity contribution in [1.29, 1.82) is 0 Å². The summed E-state index contributed by atoms with van der Waals surface area (Å²) in [5.41, 5.74) is 3.29. The Hall–Kier alpha value is -2.30. The van der Waals surface area contributed by atoms with E-state index < -0.39 is 0 Å². The zero-order valence-electron chi connectivity index (χ0n) is 12.2. The van der Waals surface area contributed by atoms with Crippen LogP contribution < -0.4 is 10.6 Å². The van der Waals surface area contributed by atoms with Gasteiger partial charge in [0.2, 0.25) is 5.91 Å². The van der Waals surface area contributed by atoms with Crippen LogP contribution in [0, 0.1) is 20.8 Å². The quantitative estimate of drug-likeness (QED) is 0.898. The number of rotatable bonds is 4. The van der Waals surface area contributed by atoms with Crippen molar-refractivity contribution in [1.82, 2.24) is 5.16 Å². The first kappa shape index (κ1) is 14.1. The van der Waals surface area contributed by atoms with Gasteiger partial charge in [-0.2, -0.15) is 0 Å². The van der Waals surface area contributed by atoms with Crippen molar-refractivity contribution in [2.45, 2.75) is 33.7 Å². The predicted octanol–water partition coefficient (Wildman–Crippen LogP) is 3.04. The van der Waals surface area contributed by atoms with Crippen LogP contribution in [0.5, 0.6) is 0 Å². The number of nitrogens with zero attached hydrogens (tertiary/aromatic N) is 1. The van der Waals surface area contributed by atoms with E-state index in [1.165, 1.54) is 5.56 Å². The van der Waals surface area contributed by atoms with Gasteiger partial charge in [-0.15, -0.1) is 0 Å². The Bertz CT molecular complexity index is 619. The lowest BCUT2D eigenvalue weighted by Crippen LogP contribution is -2.32. The third-order valence-corrected chi connectivity index (χ3v) is 3.25. The topological polar surface area (TPSA) is 67.2 Å². The molecule has 0 radical (unpaired) electrons. The molecule has 5 heteroatoms. The minimum absolute atomic E-state index is 0.154. The highest BCUT2D eigenvalue weighted by molar-refractivity contribution is 5.95. The molecule has 2 N–H and O–H groups in total. The second-order valence-corrected chi connectivity index (χ2v) is 4.93. The highest BCUT2D eigenvalue weighted by Gasteiger charge is 2.15. The molecule has 0 saturated heterocycles. The van der Waals surface area contributed by atoms with Crippen molar-refractivity contribution in [3.63, 3.8) is 0 Å². The van der Waals surface area contributed by atoms with Crippen molar-refractivity contribution < 1.29 is 9.32 Å². The molecular formula is C15H19N3O2. The van der Waals surface area contributed by atoms with E-state index in [1.807, 2.05) is 39.0 Å².